The summed E-state index contributed by atoms with van der Waals surface area (Å²) < 4.78 is 11.8. The number of unbranched alkanes of at least 4 members (excludes halogenated alkanes) is 2. The van der Waals surface area contributed by atoms with Gasteiger partial charge < -0.3 is 25.2 Å². The van der Waals surface area contributed by atoms with E-state index >= 15 is 0 Å². The maximum Gasteiger partial charge on any atom is 0.303 e. The second kappa shape index (κ2) is 11.9. The Hall–Kier alpha value is -1.58. The molecule has 174 valence electrons. The Bertz CT molecular complexity index is 672. The molecule has 3 fully saturated rings. The predicted octanol–water partition coefficient (Wildman–Crippen LogP) is 1.73. The largest absolute Gasteiger partial charge is 0.481 e. The minimum atomic E-state index is -0.769. The van der Waals surface area contributed by atoms with Crippen molar-refractivity contribution in [2.75, 3.05) is 24.6 Å². The Labute approximate surface area is 187 Å². The zero-order valence-electron chi connectivity index (χ0n) is 18.1. The number of rotatable bonds is 15. The summed E-state index contributed by atoms with van der Waals surface area (Å²) in [6.07, 6.45) is 9.15. The second-order valence-electron chi connectivity index (χ2n) is 8.44. The first-order valence-corrected chi connectivity index (χ1v) is 12.5. The highest BCUT2D eigenvalue weighted by Gasteiger charge is 2.68. The van der Waals surface area contributed by atoms with E-state index in [1.165, 1.54) is 0 Å². The minimum absolute atomic E-state index is 0.00839. The third kappa shape index (κ3) is 6.95. The van der Waals surface area contributed by atoms with Crippen LogP contribution in [0.15, 0.2) is 12.2 Å². The number of carboxylic acid groups (broad SMARTS) is 1. The van der Waals surface area contributed by atoms with Gasteiger partial charge in [-0.25, -0.2) is 0 Å². The van der Waals surface area contributed by atoms with Crippen LogP contribution in [-0.4, -0.2) is 71.9 Å². The molecule has 0 aliphatic carbocycles. The molecule has 6 atom stereocenters. The molecule has 0 radical (unpaired) electrons. The van der Waals surface area contributed by atoms with Crippen LogP contribution >= 0.6 is 11.8 Å². The number of carbonyl (C=O) groups excluding carboxylic acids is 2. The maximum absolute atomic E-state index is 12.2. The summed E-state index contributed by atoms with van der Waals surface area (Å²) in [6.45, 7) is 2.61. The van der Waals surface area contributed by atoms with Gasteiger partial charge >= 0.3 is 5.97 Å². The lowest BCUT2D eigenvalue weighted by molar-refractivity contribution is -0.137. The quantitative estimate of drug-likeness (QED) is 0.196. The summed E-state index contributed by atoms with van der Waals surface area (Å²) >= 11 is 1.59. The van der Waals surface area contributed by atoms with Gasteiger partial charge in [0.25, 0.3) is 0 Å². The van der Waals surface area contributed by atoms with Crippen molar-refractivity contribution >= 4 is 29.5 Å². The van der Waals surface area contributed by atoms with Gasteiger partial charge in [-0.15, -0.1) is 0 Å². The molecule has 3 N–H and O–H groups in total. The van der Waals surface area contributed by atoms with E-state index in [2.05, 4.69) is 23.6 Å². The van der Waals surface area contributed by atoms with Crippen molar-refractivity contribution in [1.29, 1.82) is 0 Å². The Morgan fingerprint density at radius 2 is 1.71 bits per heavy atom. The number of nitrogens with one attached hydrogen (secondary N) is 2. The van der Waals surface area contributed by atoms with Crippen LogP contribution in [0.3, 0.4) is 0 Å². The SMILES string of the molecule is CCCCSCC(=O)NCC(=O)NC[C@@H]1[C@H](C/C=C\CCCC(=O)O)[C@H]2O[C@@H]1[C@H]1O[C@@H]12. The van der Waals surface area contributed by atoms with Crippen molar-refractivity contribution in [3.8, 4) is 0 Å². The molecule has 31 heavy (non-hydrogen) atoms. The molecular weight excluding hydrogens is 420 g/mol. The minimum Gasteiger partial charge on any atom is -0.481 e. The number of amides is 2. The topological polar surface area (TPSA) is 117 Å². The van der Waals surface area contributed by atoms with Gasteiger partial charge in [-0.05, 0) is 37.4 Å². The van der Waals surface area contributed by atoms with Crippen LogP contribution in [0, 0.1) is 11.8 Å². The molecule has 3 aliphatic rings. The number of allylic oxidation sites excluding steroid dienone is 2. The van der Waals surface area contributed by atoms with Gasteiger partial charge in [-0.2, -0.15) is 11.8 Å². The number of thioether (sulfide) groups is 1. The number of ether oxygens (including phenoxy) is 2. The van der Waals surface area contributed by atoms with Gasteiger partial charge in [-0.3, -0.25) is 14.4 Å². The van der Waals surface area contributed by atoms with E-state index in [4.69, 9.17) is 14.6 Å². The highest BCUT2D eigenvalue weighted by molar-refractivity contribution is 7.99. The molecule has 8 nitrogen and oxygen atoms in total. The van der Waals surface area contributed by atoms with Gasteiger partial charge in [0.1, 0.15) is 12.2 Å². The molecular formula is C22H34N2O6S. The molecule has 0 aromatic heterocycles. The van der Waals surface area contributed by atoms with Gasteiger partial charge in [0.05, 0.1) is 24.5 Å². The lowest BCUT2D eigenvalue weighted by atomic mass is 9.77. The van der Waals surface area contributed by atoms with Crippen LogP contribution in [0.4, 0.5) is 0 Å². The van der Waals surface area contributed by atoms with Gasteiger partial charge in [-0.1, -0.05) is 25.5 Å². The predicted molar refractivity (Wildman–Crippen MR) is 118 cm³/mol. The molecule has 2 bridgehead atoms. The van der Waals surface area contributed by atoms with Crippen LogP contribution < -0.4 is 10.6 Å². The molecule has 2 amide bonds. The third-order valence-electron chi connectivity index (χ3n) is 6.11. The van der Waals surface area contributed by atoms with Crippen LogP contribution in [0.1, 0.15) is 45.4 Å². The van der Waals surface area contributed by atoms with Crippen LogP contribution in [0.5, 0.6) is 0 Å². The molecule has 3 rings (SSSR count). The molecule has 0 spiro atoms. The van der Waals surface area contributed by atoms with E-state index in [1.54, 1.807) is 11.8 Å². The summed E-state index contributed by atoms with van der Waals surface area (Å²) in [4.78, 5) is 34.6. The summed E-state index contributed by atoms with van der Waals surface area (Å²) in [5, 5.41) is 14.3. The molecule has 0 saturated carbocycles. The van der Waals surface area contributed by atoms with Crippen molar-refractivity contribution in [2.45, 2.75) is 69.9 Å². The van der Waals surface area contributed by atoms with E-state index in [9.17, 15) is 14.4 Å². The average Bonchev–Trinajstić information content (AvgIpc) is 3.37. The van der Waals surface area contributed by atoms with E-state index in [1.807, 2.05) is 6.08 Å². The molecule has 0 aromatic carbocycles. The van der Waals surface area contributed by atoms with Crippen molar-refractivity contribution in [2.24, 2.45) is 11.8 Å². The van der Waals surface area contributed by atoms with Crippen molar-refractivity contribution < 1.29 is 29.0 Å². The fraction of sp³-hybridized carbons (Fsp3) is 0.773. The summed E-state index contributed by atoms with van der Waals surface area (Å²) in [5.74, 6) is 0.727. The first kappa shape index (κ1) is 24.1. The monoisotopic (exact) mass is 454 g/mol. The second-order valence-corrected chi connectivity index (χ2v) is 9.54. The van der Waals surface area contributed by atoms with Crippen LogP contribution in [-0.2, 0) is 23.9 Å². The molecule has 3 saturated heterocycles. The fourth-order valence-electron chi connectivity index (χ4n) is 4.43. The first-order chi connectivity index (χ1) is 15.0. The fourth-order valence-corrected chi connectivity index (χ4v) is 5.36. The number of epoxide rings is 1. The lowest BCUT2D eigenvalue weighted by Crippen LogP contribution is -2.44. The van der Waals surface area contributed by atoms with Crippen molar-refractivity contribution in [3.05, 3.63) is 12.2 Å². The average molecular weight is 455 g/mol. The third-order valence-corrected chi connectivity index (χ3v) is 7.15. The lowest BCUT2D eigenvalue weighted by Gasteiger charge is -2.25. The highest BCUT2D eigenvalue weighted by atomic mass is 32.2. The normalized spacial score (nSPS) is 30.4. The number of carbonyl (C=O) groups is 3. The molecule has 9 heteroatoms. The van der Waals surface area contributed by atoms with Crippen LogP contribution in [0.2, 0.25) is 0 Å². The molecule has 3 aliphatic heterocycles. The van der Waals surface area contributed by atoms with Crippen LogP contribution in [0.25, 0.3) is 0 Å². The Morgan fingerprint density at radius 3 is 2.45 bits per heavy atom. The number of hydrogen-bond acceptors (Lipinski definition) is 6. The van der Waals surface area contributed by atoms with Gasteiger partial charge in [0.15, 0.2) is 0 Å². The van der Waals surface area contributed by atoms with Gasteiger partial charge in [0.2, 0.25) is 11.8 Å². The number of aliphatic carboxylic acids is 1. The van der Waals surface area contributed by atoms with Gasteiger partial charge in [0, 0.05) is 18.9 Å². The zero-order chi connectivity index (χ0) is 22.2. The first-order valence-electron chi connectivity index (χ1n) is 11.3. The summed E-state index contributed by atoms with van der Waals surface area (Å²) in [6, 6.07) is 0. The summed E-state index contributed by atoms with van der Waals surface area (Å²) in [5.41, 5.74) is 0. The number of fused-ring (bicyclic) bond motifs is 5. The summed E-state index contributed by atoms with van der Waals surface area (Å²) in [7, 11) is 0. The number of carboxylic acids is 1. The van der Waals surface area contributed by atoms with Crippen molar-refractivity contribution in [1.82, 2.24) is 10.6 Å². The van der Waals surface area contributed by atoms with Crippen molar-refractivity contribution in [3.63, 3.8) is 0 Å². The number of hydrogen-bond donors (Lipinski definition) is 3. The van der Waals surface area contributed by atoms with E-state index in [-0.39, 0.29) is 61.0 Å². The Kier molecular flexibility index (Phi) is 9.22. The van der Waals surface area contributed by atoms with E-state index in [0.717, 1.165) is 31.4 Å². The maximum atomic E-state index is 12.2. The smallest absolute Gasteiger partial charge is 0.303 e. The van der Waals surface area contributed by atoms with E-state index in [0.29, 0.717) is 18.7 Å². The Balaban J connectivity index is 1.36. The standard InChI is InChI=1S/C22H34N2O6S/c1-2-3-10-31-13-17(26)24-12-16(25)23-11-15-14(8-6-4-5-7-9-18(27)28)19-21-22(30-21)20(15)29-19/h4,6,14-15,19-22H,2-3,5,7-13H2,1H3,(H,23,25)(H,24,26)(H,27,28)/b6-4-/t14-,15+,19+,20-,21+,22+/m0/s1. The molecule has 3 heterocycles. The highest BCUT2D eigenvalue weighted by Crippen LogP contribution is 2.54. The Morgan fingerprint density at radius 1 is 0.968 bits per heavy atom. The van der Waals surface area contributed by atoms with E-state index < -0.39 is 5.97 Å². The molecule has 0 unspecified atom stereocenters. The molecule has 0 aromatic rings. The zero-order valence-corrected chi connectivity index (χ0v) is 18.9.